The molecule has 0 aliphatic heterocycles. The Kier molecular flexibility index (Phi) is 3.72. The van der Waals surface area contributed by atoms with E-state index in [1.54, 1.807) is 47.3 Å². The summed E-state index contributed by atoms with van der Waals surface area (Å²) in [5, 5.41) is 0. The molecule has 0 bridgehead atoms. The highest BCUT2D eigenvalue weighted by Crippen LogP contribution is 2.35. The number of alkyl halides is 3. The molecule has 0 aliphatic rings. The average molecular weight is 370 g/mol. The molecule has 9 heteroatoms. The van der Waals surface area contributed by atoms with Crippen LogP contribution in [0.1, 0.15) is 5.56 Å². The SMILES string of the molecule is Nc1ccc(-c2cnc3ccc(-c4cnc(N)c(C(F)(F)F)c4)cn23)cn1. The third-order valence-electron chi connectivity index (χ3n) is 4.14. The monoisotopic (exact) mass is 370 g/mol. The van der Waals surface area contributed by atoms with E-state index < -0.39 is 17.6 Å². The summed E-state index contributed by atoms with van der Waals surface area (Å²) in [5.41, 5.74) is 13.0. The highest BCUT2D eigenvalue weighted by Gasteiger charge is 2.34. The molecule has 4 heterocycles. The first-order chi connectivity index (χ1) is 12.8. The van der Waals surface area contributed by atoms with Crippen LogP contribution in [0, 0.1) is 0 Å². The van der Waals surface area contributed by atoms with Gasteiger partial charge in [-0.25, -0.2) is 15.0 Å². The van der Waals surface area contributed by atoms with Crippen molar-refractivity contribution in [3.8, 4) is 22.4 Å². The number of imidazole rings is 1. The molecule has 27 heavy (non-hydrogen) atoms. The first-order valence-corrected chi connectivity index (χ1v) is 7.85. The van der Waals surface area contributed by atoms with E-state index in [1.807, 2.05) is 0 Å². The lowest BCUT2D eigenvalue weighted by Gasteiger charge is -2.11. The molecule has 0 atom stereocenters. The van der Waals surface area contributed by atoms with Crippen LogP contribution in [-0.4, -0.2) is 19.4 Å². The number of fused-ring (bicyclic) bond motifs is 1. The Bertz CT molecular complexity index is 1130. The standard InChI is InChI=1S/C18H13F3N6/c19-18(20,21)13-5-12(7-26-17(13)23)11-2-4-16-25-8-14(27(16)9-11)10-1-3-15(22)24-6-10/h1-9H,(H2,22,24)(H2,23,26). The van der Waals surface area contributed by atoms with Crippen LogP contribution in [0.25, 0.3) is 28.0 Å². The van der Waals surface area contributed by atoms with Crippen molar-refractivity contribution < 1.29 is 13.2 Å². The van der Waals surface area contributed by atoms with E-state index in [-0.39, 0.29) is 0 Å². The van der Waals surface area contributed by atoms with Crippen LogP contribution < -0.4 is 11.5 Å². The van der Waals surface area contributed by atoms with E-state index >= 15 is 0 Å². The number of aromatic nitrogens is 4. The molecule has 6 nitrogen and oxygen atoms in total. The number of nitrogens with zero attached hydrogens (tertiary/aromatic N) is 4. The molecule has 4 N–H and O–H groups in total. The fourth-order valence-corrected chi connectivity index (χ4v) is 2.78. The number of anilines is 2. The second kappa shape index (κ2) is 5.97. The zero-order valence-corrected chi connectivity index (χ0v) is 13.8. The highest BCUT2D eigenvalue weighted by atomic mass is 19.4. The zero-order chi connectivity index (χ0) is 19.2. The van der Waals surface area contributed by atoms with Gasteiger partial charge < -0.3 is 11.5 Å². The fraction of sp³-hybridized carbons (Fsp3) is 0.0556. The second-order valence-electron chi connectivity index (χ2n) is 5.92. The smallest absolute Gasteiger partial charge is 0.384 e. The largest absolute Gasteiger partial charge is 0.419 e. The Morgan fingerprint density at radius 3 is 2.26 bits per heavy atom. The lowest BCUT2D eigenvalue weighted by Crippen LogP contribution is -2.10. The number of nitrogens with two attached hydrogens (primary N) is 2. The van der Waals surface area contributed by atoms with Crippen LogP contribution in [0.3, 0.4) is 0 Å². The third kappa shape index (κ3) is 3.03. The van der Waals surface area contributed by atoms with Crippen molar-refractivity contribution in [2.75, 3.05) is 11.5 Å². The van der Waals surface area contributed by atoms with Gasteiger partial charge in [-0.1, -0.05) is 0 Å². The van der Waals surface area contributed by atoms with Crippen LogP contribution >= 0.6 is 0 Å². The predicted molar refractivity (Wildman–Crippen MR) is 95.5 cm³/mol. The summed E-state index contributed by atoms with van der Waals surface area (Å²) < 4.78 is 41.1. The van der Waals surface area contributed by atoms with E-state index in [4.69, 9.17) is 11.5 Å². The van der Waals surface area contributed by atoms with Crippen LogP contribution in [0.4, 0.5) is 24.8 Å². The Labute approximate surface area is 151 Å². The van der Waals surface area contributed by atoms with Gasteiger partial charge in [-0.2, -0.15) is 13.2 Å². The highest BCUT2D eigenvalue weighted by molar-refractivity contribution is 5.70. The van der Waals surface area contributed by atoms with Crippen molar-refractivity contribution in [3.05, 3.63) is 60.7 Å². The molecule has 0 fully saturated rings. The van der Waals surface area contributed by atoms with Gasteiger partial charge in [0.2, 0.25) is 0 Å². The maximum atomic E-state index is 13.1. The summed E-state index contributed by atoms with van der Waals surface area (Å²) >= 11 is 0. The summed E-state index contributed by atoms with van der Waals surface area (Å²) in [6.07, 6.45) is 1.70. The normalized spacial score (nSPS) is 11.8. The number of nitrogen functional groups attached to an aromatic ring is 2. The van der Waals surface area contributed by atoms with Crippen LogP contribution in [0.5, 0.6) is 0 Å². The Balaban J connectivity index is 1.85. The number of halogens is 3. The summed E-state index contributed by atoms with van der Waals surface area (Å²) in [6.45, 7) is 0. The number of rotatable bonds is 2. The molecule has 0 radical (unpaired) electrons. The van der Waals surface area contributed by atoms with Gasteiger partial charge >= 0.3 is 6.18 Å². The Hall–Kier alpha value is -3.62. The summed E-state index contributed by atoms with van der Waals surface area (Å²) in [6, 6.07) is 7.85. The third-order valence-corrected chi connectivity index (χ3v) is 4.14. The minimum Gasteiger partial charge on any atom is -0.384 e. The predicted octanol–water partition coefficient (Wildman–Crippen LogP) is 3.64. The molecule has 4 aromatic rings. The number of hydrogen-bond donors (Lipinski definition) is 2. The molecule has 136 valence electrons. The molecule has 0 aliphatic carbocycles. The Morgan fingerprint density at radius 2 is 1.56 bits per heavy atom. The topological polar surface area (TPSA) is 95.1 Å². The maximum absolute atomic E-state index is 13.1. The molecule has 0 amide bonds. The van der Waals surface area contributed by atoms with E-state index in [0.717, 1.165) is 17.3 Å². The van der Waals surface area contributed by atoms with Crippen molar-refractivity contribution in [1.82, 2.24) is 19.4 Å². The van der Waals surface area contributed by atoms with Gasteiger partial charge in [0.1, 0.15) is 17.3 Å². The Morgan fingerprint density at radius 1 is 0.815 bits per heavy atom. The lowest BCUT2D eigenvalue weighted by atomic mass is 10.1. The maximum Gasteiger partial charge on any atom is 0.419 e. The molecular weight excluding hydrogens is 357 g/mol. The summed E-state index contributed by atoms with van der Waals surface area (Å²) in [5.74, 6) is -0.163. The van der Waals surface area contributed by atoms with Gasteiger partial charge in [0.15, 0.2) is 0 Å². The van der Waals surface area contributed by atoms with Gasteiger partial charge in [0, 0.05) is 35.3 Å². The molecule has 0 aromatic carbocycles. The number of pyridine rings is 3. The van der Waals surface area contributed by atoms with Gasteiger partial charge in [-0.15, -0.1) is 0 Å². The average Bonchev–Trinajstić information content (AvgIpc) is 3.05. The van der Waals surface area contributed by atoms with Gasteiger partial charge in [0.25, 0.3) is 0 Å². The first-order valence-electron chi connectivity index (χ1n) is 7.85. The van der Waals surface area contributed by atoms with Crippen LogP contribution in [0.15, 0.2) is 55.1 Å². The van der Waals surface area contributed by atoms with E-state index in [9.17, 15) is 13.2 Å². The summed E-state index contributed by atoms with van der Waals surface area (Å²) in [7, 11) is 0. The summed E-state index contributed by atoms with van der Waals surface area (Å²) in [4.78, 5) is 12.1. The molecule has 0 saturated carbocycles. The van der Waals surface area contributed by atoms with E-state index in [1.165, 1.54) is 6.20 Å². The van der Waals surface area contributed by atoms with Crippen LogP contribution in [-0.2, 0) is 6.18 Å². The second-order valence-corrected chi connectivity index (χ2v) is 5.92. The molecule has 4 aromatic heterocycles. The molecular formula is C18H13F3N6. The minimum atomic E-state index is -4.58. The van der Waals surface area contributed by atoms with Gasteiger partial charge in [0.05, 0.1) is 17.5 Å². The lowest BCUT2D eigenvalue weighted by molar-refractivity contribution is -0.137. The molecule has 0 unspecified atom stereocenters. The quantitative estimate of drug-likeness (QED) is 0.562. The van der Waals surface area contributed by atoms with Crippen molar-refractivity contribution in [2.24, 2.45) is 0 Å². The van der Waals surface area contributed by atoms with Gasteiger partial charge in [-0.3, -0.25) is 4.40 Å². The van der Waals surface area contributed by atoms with Crippen molar-refractivity contribution in [2.45, 2.75) is 6.18 Å². The van der Waals surface area contributed by atoms with E-state index in [2.05, 4.69) is 15.0 Å². The van der Waals surface area contributed by atoms with E-state index in [0.29, 0.717) is 22.6 Å². The minimum absolute atomic E-state index is 0.300. The zero-order valence-electron chi connectivity index (χ0n) is 13.8. The van der Waals surface area contributed by atoms with Crippen molar-refractivity contribution in [1.29, 1.82) is 0 Å². The first kappa shape index (κ1) is 16.8. The molecule has 4 rings (SSSR count). The molecule has 0 saturated heterocycles. The van der Waals surface area contributed by atoms with Gasteiger partial charge in [-0.05, 0) is 30.3 Å². The molecule has 0 spiro atoms. The van der Waals surface area contributed by atoms with Crippen molar-refractivity contribution >= 4 is 17.3 Å². The van der Waals surface area contributed by atoms with Crippen molar-refractivity contribution in [3.63, 3.8) is 0 Å². The number of hydrogen-bond acceptors (Lipinski definition) is 5. The fourth-order valence-electron chi connectivity index (χ4n) is 2.78. The van der Waals surface area contributed by atoms with Crippen LogP contribution in [0.2, 0.25) is 0 Å².